The van der Waals surface area contributed by atoms with Crippen molar-refractivity contribution in [2.45, 2.75) is 20.4 Å². The first kappa shape index (κ1) is 9.74. The molecule has 0 radical (unpaired) electrons. The summed E-state index contributed by atoms with van der Waals surface area (Å²) in [5.74, 6) is 0. The minimum absolute atomic E-state index is 0.501. The first-order chi connectivity index (χ1) is 6.19. The van der Waals surface area contributed by atoms with Crippen LogP contribution in [0.2, 0.25) is 0 Å². The number of nitrogens with one attached hydrogen (secondary N) is 1. The molecule has 70 valence electrons. The zero-order valence-electron chi connectivity index (χ0n) is 7.92. The molecule has 1 rings (SSSR count). The Balaban J connectivity index is 3.13. The van der Waals surface area contributed by atoms with Crippen LogP contribution in [0.3, 0.4) is 0 Å². The van der Waals surface area contributed by atoms with E-state index in [-0.39, 0.29) is 0 Å². The third-order valence-corrected chi connectivity index (χ3v) is 2.22. The molecule has 0 atom stereocenters. The first-order valence-corrected chi connectivity index (χ1v) is 4.19. The zero-order valence-corrected chi connectivity index (χ0v) is 7.92. The van der Waals surface area contributed by atoms with E-state index in [4.69, 9.17) is 5.73 Å². The number of aryl methyl sites for hydroxylation is 1. The van der Waals surface area contributed by atoms with Crippen molar-refractivity contribution in [1.82, 2.24) is 0 Å². The maximum absolute atomic E-state index is 10.2. The van der Waals surface area contributed by atoms with Gasteiger partial charge in [-0.3, -0.25) is 4.79 Å². The van der Waals surface area contributed by atoms with Crippen LogP contribution in [-0.2, 0) is 11.3 Å². The molecule has 0 aliphatic carbocycles. The van der Waals surface area contributed by atoms with Gasteiger partial charge in [-0.05, 0) is 42.7 Å². The highest BCUT2D eigenvalue weighted by molar-refractivity contribution is 5.72. The zero-order chi connectivity index (χ0) is 9.84. The maximum Gasteiger partial charge on any atom is 0.211 e. The van der Waals surface area contributed by atoms with Crippen molar-refractivity contribution in [2.75, 3.05) is 5.32 Å². The molecule has 0 aliphatic heterocycles. The second-order valence-electron chi connectivity index (χ2n) is 3.04. The lowest BCUT2D eigenvalue weighted by atomic mass is 10.0. The van der Waals surface area contributed by atoms with Gasteiger partial charge in [0.1, 0.15) is 0 Å². The van der Waals surface area contributed by atoms with E-state index in [1.54, 1.807) is 0 Å². The largest absolute Gasteiger partial charge is 0.329 e. The Kier molecular flexibility index (Phi) is 3.03. The molecule has 0 aromatic heterocycles. The minimum atomic E-state index is 0.501. The van der Waals surface area contributed by atoms with Crippen LogP contribution in [0.25, 0.3) is 0 Å². The smallest absolute Gasteiger partial charge is 0.211 e. The molecule has 1 amide bonds. The van der Waals surface area contributed by atoms with Crippen LogP contribution in [0.15, 0.2) is 12.1 Å². The molecular formula is C10H14N2O. The van der Waals surface area contributed by atoms with Crippen LogP contribution in [0.4, 0.5) is 5.69 Å². The number of benzene rings is 1. The predicted molar refractivity (Wildman–Crippen MR) is 53.5 cm³/mol. The number of nitrogens with two attached hydrogens (primary N) is 1. The van der Waals surface area contributed by atoms with Gasteiger partial charge in [-0.1, -0.05) is 0 Å². The van der Waals surface area contributed by atoms with E-state index in [0.29, 0.717) is 13.0 Å². The van der Waals surface area contributed by atoms with E-state index in [2.05, 4.69) is 5.32 Å². The lowest BCUT2D eigenvalue weighted by molar-refractivity contribution is -0.105. The lowest BCUT2D eigenvalue weighted by Crippen LogP contribution is -2.03. The summed E-state index contributed by atoms with van der Waals surface area (Å²) in [7, 11) is 0. The maximum atomic E-state index is 10.2. The SMILES string of the molecule is Cc1cc(NC=O)cc(CN)c1C. The summed E-state index contributed by atoms with van der Waals surface area (Å²) < 4.78 is 0. The average molecular weight is 178 g/mol. The van der Waals surface area contributed by atoms with Gasteiger partial charge in [0, 0.05) is 12.2 Å². The van der Waals surface area contributed by atoms with Crippen molar-refractivity contribution in [3.05, 3.63) is 28.8 Å². The van der Waals surface area contributed by atoms with Gasteiger partial charge in [-0.2, -0.15) is 0 Å². The highest BCUT2D eigenvalue weighted by Crippen LogP contribution is 2.18. The Morgan fingerprint density at radius 1 is 1.46 bits per heavy atom. The molecule has 0 saturated heterocycles. The van der Waals surface area contributed by atoms with Gasteiger partial charge in [0.25, 0.3) is 0 Å². The standard InChI is InChI=1S/C10H14N2O/c1-7-3-10(12-6-13)4-9(5-11)8(7)2/h3-4,6H,5,11H2,1-2H3,(H,12,13). The van der Waals surface area contributed by atoms with Gasteiger partial charge >= 0.3 is 0 Å². The molecule has 3 nitrogen and oxygen atoms in total. The van der Waals surface area contributed by atoms with Gasteiger partial charge < -0.3 is 11.1 Å². The fourth-order valence-corrected chi connectivity index (χ4v) is 1.30. The molecule has 0 fully saturated rings. The lowest BCUT2D eigenvalue weighted by Gasteiger charge is -2.09. The minimum Gasteiger partial charge on any atom is -0.329 e. The molecule has 0 bridgehead atoms. The fraction of sp³-hybridized carbons (Fsp3) is 0.300. The number of carbonyl (C=O) groups is 1. The highest BCUT2D eigenvalue weighted by Gasteiger charge is 2.01. The summed E-state index contributed by atoms with van der Waals surface area (Å²) in [6.45, 7) is 4.54. The molecule has 0 heterocycles. The second-order valence-corrected chi connectivity index (χ2v) is 3.04. The van der Waals surface area contributed by atoms with Crippen LogP contribution >= 0.6 is 0 Å². The van der Waals surface area contributed by atoms with Crippen molar-refractivity contribution >= 4 is 12.1 Å². The predicted octanol–water partition coefficient (Wildman–Crippen LogP) is 1.33. The molecule has 3 heteroatoms. The molecule has 1 aromatic carbocycles. The number of rotatable bonds is 3. The van der Waals surface area contributed by atoms with E-state index in [0.717, 1.165) is 16.8 Å². The number of amides is 1. The summed E-state index contributed by atoms with van der Waals surface area (Å²) >= 11 is 0. The fourth-order valence-electron chi connectivity index (χ4n) is 1.30. The van der Waals surface area contributed by atoms with Gasteiger partial charge in [0.2, 0.25) is 6.41 Å². The van der Waals surface area contributed by atoms with Crippen molar-refractivity contribution in [3.8, 4) is 0 Å². The van der Waals surface area contributed by atoms with Crippen molar-refractivity contribution in [2.24, 2.45) is 5.73 Å². The quantitative estimate of drug-likeness (QED) is 0.686. The molecule has 13 heavy (non-hydrogen) atoms. The number of hydrogen-bond acceptors (Lipinski definition) is 2. The van der Waals surface area contributed by atoms with Crippen LogP contribution in [0.5, 0.6) is 0 Å². The van der Waals surface area contributed by atoms with Crippen LogP contribution < -0.4 is 11.1 Å². The Labute approximate surface area is 77.9 Å². The van der Waals surface area contributed by atoms with E-state index in [1.165, 1.54) is 5.56 Å². The van der Waals surface area contributed by atoms with Gasteiger partial charge in [-0.15, -0.1) is 0 Å². The van der Waals surface area contributed by atoms with E-state index in [9.17, 15) is 4.79 Å². The molecule has 0 aliphatic rings. The summed E-state index contributed by atoms with van der Waals surface area (Å²) in [6.07, 6.45) is 0.671. The number of carbonyl (C=O) groups excluding carboxylic acids is 1. The molecule has 0 saturated carbocycles. The van der Waals surface area contributed by atoms with Crippen molar-refractivity contribution in [1.29, 1.82) is 0 Å². The Bertz CT molecular complexity index is 321. The third-order valence-electron chi connectivity index (χ3n) is 2.22. The van der Waals surface area contributed by atoms with E-state index >= 15 is 0 Å². The number of hydrogen-bond donors (Lipinski definition) is 2. The molecule has 0 spiro atoms. The Morgan fingerprint density at radius 3 is 2.69 bits per heavy atom. The summed E-state index contributed by atoms with van der Waals surface area (Å²) in [4.78, 5) is 10.2. The third kappa shape index (κ3) is 2.06. The molecule has 1 aromatic rings. The van der Waals surface area contributed by atoms with Crippen LogP contribution in [-0.4, -0.2) is 6.41 Å². The van der Waals surface area contributed by atoms with Gasteiger partial charge in [-0.25, -0.2) is 0 Å². The summed E-state index contributed by atoms with van der Waals surface area (Å²) in [6, 6.07) is 3.83. The molecular weight excluding hydrogens is 164 g/mol. The molecule has 0 unspecified atom stereocenters. The van der Waals surface area contributed by atoms with Crippen LogP contribution in [0, 0.1) is 13.8 Å². The summed E-state index contributed by atoms with van der Waals surface area (Å²) in [5, 5.41) is 2.61. The Hall–Kier alpha value is -1.35. The van der Waals surface area contributed by atoms with Crippen LogP contribution in [0.1, 0.15) is 16.7 Å². The Morgan fingerprint density at radius 2 is 2.15 bits per heavy atom. The number of anilines is 1. The highest BCUT2D eigenvalue weighted by atomic mass is 16.1. The van der Waals surface area contributed by atoms with Crippen molar-refractivity contribution in [3.63, 3.8) is 0 Å². The second kappa shape index (κ2) is 4.05. The normalized spacial score (nSPS) is 9.77. The van der Waals surface area contributed by atoms with E-state index < -0.39 is 0 Å². The van der Waals surface area contributed by atoms with Gasteiger partial charge in [0.05, 0.1) is 0 Å². The monoisotopic (exact) mass is 178 g/mol. The molecule has 3 N–H and O–H groups in total. The van der Waals surface area contributed by atoms with Gasteiger partial charge in [0.15, 0.2) is 0 Å². The average Bonchev–Trinajstić information content (AvgIpc) is 2.11. The summed E-state index contributed by atoms with van der Waals surface area (Å²) in [5.41, 5.74) is 9.79. The van der Waals surface area contributed by atoms with E-state index in [1.807, 2.05) is 26.0 Å². The first-order valence-electron chi connectivity index (χ1n) is 4.19. The topological polar surface area (TPSA) is 55.1 Å². The van der Waals surface area contributed by atoms with Crippen molar-refractivity contribution < 1.29 is 4.79 Å².